The number of fused-ring (bicyclic) bond motifs is 1. The maximum Gasteiger partial charge on any atom is 0.226 e. The molecule has 1 aromatic carbocycles. The summed E-state index contributed by atoms with van der Waals surface area (Å²) in [4.78, 5) is 18.7. The molecule has 0 saturated carbocycles. The van der Waals surface area contributed by atoms with Crippen molar-refractivity contribution in [2.24, 2.45) is 5.92 Å². The molecule has 1 N–H and O–H groups in total. The Morgan fingerprint density at radius 3 is 3.05 bits per heavy atom. The minimum absolute atomic E-state index is 0.0829. The van der Waals surface area contributed by atoms with Gasteiger partial charge in [0.2, 0.25) is 5.91 Å². The molecule has 1 aliphatic rings. The fourth-order valence-electron chi connectivity index (χ4n) is 2.37. The number of thiazole rings is 1. The molecule has 0 bridgehead atoms. The van der Waals surface area contributed by atoms with Crippen molar-refractivity contribution in [2.45, 2.75) is 6.42 Å². The SMILES string of the molecule is COCCCNC(=O)C1CN(c2nc3ccccc3s2)C1. The Labute approximate surface area is 127 Å². The van der Waals surface area contributed by atoms with Crippen molar-refractivity contribution in [1.29, 1.82) is 0 Å². The molecule has 2 heterocycles. The fraction of sp³-hybridized carbons (Fsp3) is 0.467. The van der Waals surface area contributed by atoms with Gasteiger partial charge in [0.25, 0.3) is 0 Å². The third kappa shape index (κ3) is 3.16. The summed E-state index contributed by atoms with van der Waals surface area (Å²) >= 11 is 1.69. The number of amides is 1. The van der Waals surface area contributed by atoms with Crippen molar-refractivity contribution < 1.29 is 9.53 Å². The van der Waals surface area contributed by atoms with E-state index in [2.05, 4.69) is 21.3 Å². The normalized spacial score (nSPS) is 15.2. The maximum atomic E-state index is 11.9. The second-order valence-corrected chi connectivity index (χ2v) is 6.21. The summed E-state index contributed by atoms with van der Waals surface area (Å²) in [6.07, 6.45) is 0.858. The first-order chi connectivity index (χ1) is 10.3. The quantitative estimate of drug-likeness (QED) is 0.828. The lowest BCUT2D eigenvalue weighted by Gasteiger charge is -2.37. The Morgan fingerprint density at radius 2 is 2.29 bits per heavy atom. The molecular weight excluding hydrogens is 286 g/mol. The number of anilines is 1. The number of hydrogen-bond acceptors (Lipinski definition) is 5. The Bertz CT molecular complexity index is 589. The standard InChI is InChI=1S/C15H19N3O2S/c1-20-8-4-7-16-14(19)11-9-18(10-11)15-17-12-5-2-3-6-13(12)21-15/h2-3,5-6,11H,4,7-10H2,1H3,(H,16,19). The van der Waals surface area contributed by atoms with E-state index in [0.717, 1.165) is 30.2 Å². The molecule has 5 nitrogen and oxygen atoms in total. The van der Waals surface area contributed by atoms with Crippen molar-refractivity contribution in [3.8, 4) is 0 Å². The van der Waals surface area contributed by atoms with Crippen LogP contribution in [0.4, 0.5) is 5.13 Å². The zero-order valence-electron chi connectivity index (χ0n) is 12.0. The highest BCUT2D eigenvalue weighted by molar-refractivity contribution is 7.22. The van der Waals surface area contributed by atoms with Gasteiger partial charge in [0.1, 0.15) is 0 Å². The van der Waals surface area contributed by atoms with E-state index in [4.69, 9.17) is 4.74 Å². The smallest absolute Gasteiger partial charge is 0.226 e. The third-order valence-electron chi connectivity index (χ3n) is 3.63. The number of aromatic nitrogens is 1. The Balaban J connectivity index is 1.49. The van der Waals surface area contributed by atoms with Crippen LogP contribution in [0.2, 0.25) is 0 Å². The number of nitrogens with one attached hydrogen (secondary N) is 1. The molecule has 0 unspecified atom stereocenters. The number of ether oxygens (including phenoxy) is 1. The molecule has 1 saturated heterocycles. The molecule has 1 aliphatic heterocycles. The van der Waals surface area contributed by atoms with Crippen molar-refractivity contribution in [1.82, 2.24) is 10.3 Å². The highest BCUT2D eigenvalue weighted by atomic mass is 32.1. The zero-order chi connectivity index (χ0) is 14.7. The van der Waals surface area contributed by atoms with Gasteiger partial charge in [0.05, 0.1) is 16.1 Å². The number of hydrogen-bond donors (Lipinski definition) is 1. The average Bonchev–Trinajstić information content (AvgIpc) is 2.85. The van der Waals surface area contributed by atoms with Gasteiger partial charge < -0.3 is 15.0 Å². The van der Waals surface area contributed by atoms with E-state index < -0.39 is 0 Å². The van der Waals surface area contributed by atoms with E-state index in [0.29, 0.717) is 13.2 Å². The molecule has 1 fully saturated rings. The van der Waals surface area contributed by atoms with Crippen molar-refractivity contribution in [3.63, 3.8) is 0 Å². The number of rotatable bonds is 6. The van der Waals surface area contributed by atoms with E-state index >= 15 is 0 Å². The molecule has 0 spiro atoms. The molecular formula is C15H19N3O2S. The van der Waals surface area contributed by atoms with Gasteiger partial charge in [-0.25, -0.2) is 4.98 Å². The number of methoxy groups -OCH3 is 1. The minimum Gasteiger partial charge on any atom is -0.385 e. The Kier molecular flexibility index (Phi) is 4.36. The van der Waals surface area contributed by atoms with Crippen LogP contribution in [0.3, 0.4) is 0 Å². The molecule has 0 aliphatic carbocycles. The lowest BCUT2D eigenvalue weighted by Crippen LogP contribution is -2.53. The minimum atomic E-state index is 0.0829. The topological polar surface area (TPSA) is 54.5 Å². The molecule has 21 heavy (non-hydrogen) atoms. The molecule has 1 amide bonds. The van der Waals surface area contributed by atoms with Crippen molar-refractivity contribution >= 4 is 32.6 Å². The summed E-state index contributed by atoms with van der Waals surface area (Å²) in [5, 5.41) is 3.97. The molecule has 0 atom stereocenters. The largest absolute Gasteiger partial charge is 0.385 e. The molecule has 2 aromatic rings. The molecule has 0 radical (unpaired) electrons. The van der Waals surface area contributed by atoms with Gasteiger partial charge >= 0.3 is 0 Å². The van der Waals surface area contributed by atoms with Gasteiger partial charge in [-0.1, -0.05) is 23.5 Å². The van der Waals surface area contributed by atoms with Crippen LogP contribution >= 0.6 is 11.3 Å². The van der Waals surface area contributed by atoms with Crippen molar-refractivity contribution in [3.05, 3.63) is 24.3 Å². The van der Waals surface area contributed by atoms with Gasteiger partial charge in [-0.3, -0.25) is 4.79 Å². The van der Waals surface area contributed by atoms with Crippen LogP contribution in [-0.2, 0) is 9.53 Å². The number of carbonyl (C=O) groups excluding carboxylic acids is 1. The van der Waals surface area contributed by atoms with Crippen LogP contribution < -0.4 is 10.2 Å². The molecule has 3 rings (SSSR count). The second-order valence-electron chi connectivity index (χ2n) is 5.20. The molecule has 6 heteroatoms. The lowest BCUT2D eigenvalue weighted by molar-refractivity contribution is -0.125. The summed E-state index contributed by atoms with van der Waals surface area (Å²) in [6.45, 7) is 2.89. The van der Waals surface area contributed by atoms with E-state index in [1.54, 1.807) is 18.4 Å². The Hall–Kier alpha value is -1.66. The van der Waals surface area contributed by atoms with Gasteiger partial charge in [-0.05, 0) is 18.6 Å². The van der Waals surface area contributed by atoms with E-state index in [1.807, 2.05) is 18.2 Å². The average molecular weight is 305 g/mol. The fourth-order valence-corrected chi connectivity index (χ4v) is 3.35. The first kappa shape index (κ1) is 14.3. The lowest BCUT2D eigenvalue weighted by atomic mass is 10.00. The zero-order valence-corrected chi connectivity index (χ0v) is 12.9. The summed E-state index contributed by atoms with van der Waals surface area (Å²) in [5.74, 6) is 0.225. The summed E-state index contributed by atoms with van der Waals surface area (Å²) in [7, 11) is 1.67. The van der Waals surface area contributed by atoms with Crippen LogP contribution in [0, 0.1) is 5.92 Å². The first-order valence-electron chi connectivity index (χ1n) is 7.15. The van der Waals surface area contributed by atoms with Gasteiger partial charge in [-0.15, -0.1) is 0 Å². The highest BCUT2D eigenvalue weighted by Gasteiger charge is 2.34. The molecule has 1 aromatic heterocycles. The van der Waals surface area contributed by atoms with E-state index in [1.165, 1.54) is 4.70 Å². The maximum absolute atomic E-state index is 11.9. The summed E-state index contributed by atoms with van der Waals surface area (Å²) in [5.41, 5.74) is 1.03. The van der Waals surface area contributed by atoms with Crippen LogP contribution in [-0.4, -0.2) is 44.2 Å². The second kappa shape index (κ2) is 6.41. The van der Waals surface area contributed by atoms with Crippen LogP contribution in [0.5, 0.6) is 0 Å². The van der Waals surface area contributed by atoms with E-state index in [-0.39, 0.29) is 11.8 Å². The van der Waals surface area contributed by atoms with Crippen LogP contribution in [0.1, 0.15) is 6.42 Å². The van der Waals surface area contributed by atoms with Gasteiger partial charge in [0.15, 0.2) is 5.13 Å². The summed E-state index contributed by atoms with van der Waals surface area (Å²) in [6, 6.07) is 8.13. The predicted molar refractivity (Wildman–Crippen MR) is 84.8 cm³/mol. The van der Waals surface area contributed by atoms with Crippen LogP contribution in [0.25, 0.3) is 10.2 Å². The Morgan fingerprint density at radius 1 is 1.48 bits per heavy atom. The molecule has 112 valence electrons. The van der Waals surface area contributed by atoms with Gasteiger partial charge in [0, 0.05) is 33.4 Å². The summed E-state index contributed by atoms with van der Waals surface area (Å²) < 4.78 is 6.16. The van der Waals surface area contributed by atoms with Crippen LogP contribution in [0.15, 0.2) is 24.3 Å². The third-order valence-corrected chi connectivity index (χ3v) is 4.73. The van der Waals surface area contributed by atoms with E-state index in [9.17, 15) is 4.79 Å². The highest BCUT2D eigenvalue weighted by Crippen LogP contribution is 2.32. The van der Waals surface area contributed by atoms with Crippen molar-refractivity contribution in [2.75, 3.05) is 38.3 Å². The first-order valence-corrected chi connectivity index (χ1v) is 7.97. The predicted octanol–water partition coefficient (Wildman–Crippen LogP) is 1.89. The number of carbonyl (C=O) groups is 1. The monoisotopic (exact) mass is 305 g/mol. The number of benzene rings is 1. The van der Waals surface area contributed by atoms with Gasteiger partial charge in [-0.2, -0.15) is 0 Å². The number of para-hydroxylation sites is 1. The number of nitrogens with zero attached hydrogens (tertiary/aromatic N) is 2.